The van der Waals surface area contributed by atoms with Crippen LogP contribution in [0.25, 0.3) is 0 Å². The molecular formula is C24H32N2O3S. The van der Waals surface area contributed by atoms with Crippen molar-refractivity contribution in [2.45, 2.75) is 52.3 Å². The summed E-state index contributed by atoms with van der Waals surface area (Å²) in [6.45, 7) is 8.85. The van der Waals surface area contributed by atoms with E-state index in [1.807, 2.05) is 44.2 Å². The van der Waals surface area contributed by atoms with Crippen LogP contribution in [0.4, 0.5) is 0 Å². The van der Waals surface area contributed by atoms with Crippen LogP contribution in [0, 0.1) is 26.7 Å². The Labute approximate surface area is 180 Å². The van der Waals surface area contributed by atoms with E-state index in [4.69, 9.17) is 0 Å². The lowest BCUT2D eigenvalue weighted by Crippen LogP contribution is -2.43. The second-order valence-corrected chi connectivity index (χ2v) is 10.4. The van der Waals surface area contributed by atoms with Crippen LogP contribution in [0.5, 0.6) is 0 Å². The van der Waals surface area contributed by atoms with Crippen molar-refractivity contribution in [3.8, 4) is 0 Å². The van der Waals surface area contributed by atoms with Gasteiger partial charge in [-0.15, -0.1) is 0 Å². The predicted molar refractivity (Wildman–Crippen MR) is 121 cm³/mol. The van der Waals surface area contributed by atoms with Gasteiger partial charge in [-0.05, 0) is 68.4 Å². The molecule has 1 amide bonds. The number of benzene rings is 2. The lowest BCUT2D eigenvalue weighted by molar-refractivity contribution is -0.126. The summed E-state index contributed by atoms with van der Waals surface area (Å²) in [5, 5.41) is 3.11. The minimum Gasteiger partial charge on any atom is -0.349 e. The third-order valence-electron chi connectivity index (χ3n) is 6.21. The van der Waals surface area contributed by atoms with Crippen LogP contribution in [0.3, 0.4) is 0 Å². The monoisotopic (exact) mass is 428 g/mol. The summed E-state index contributed by atoms with van der Waals surface area (Å²) in [7, 11) is -3.38. The van der Waals surface area contributed by atoms with Crippen LogP contribution >= 0.6 is 0 Å². The summed E-state index contributed by atoms with van der Waals surface area (Å²) in [6.07, 6.45) is 1.11. The minimum absolute atomic E-state index is 0.0108. The number of sulfonamides is 1. The van der Waals surface area contributed by atoms with Gasteiger partial charge in [0.25, 0.3) is 0 Å². The fourth-order valence-corrected chi connectivity index (χ4v) is 5.57. The van der Waals surface area contributed by atoms with E-state index in [1.165, 1.54) is 15.4 Å². The number of amides is 1. The molecule has 1 atom stereocenters. The summed E-state index contributed by atoms with van der Waals surface area (Å²) in [5.41, 5.74) is 5.34. The lowest BCUT2D eigenvalue weighted by Gasteiger charge is -2.31. The highest BCUT2D eigenvalue weighted by Gasteiger charge is 2.31. The average Bonchev–Trinajstić information content (AvgIpc) is 2.71. The molecule has 1 fully saturated rings. The standard InChI is InChI=1S/C24H32N2O3S/c1-17-9-10-22(15-19(17)3)20(4)25-24(27)21-11-13-26(14-12-21)30(28,29)16-23-8-6-5-7-18(23)2/h5-10,15,20-21H,11-14,16H2,1-4H3,(H,25,27)/t20-/m1/s1. The van der Waals surface area contributed by atoms with E-state index >= 15 is 0 Å². The summed E-state index contributed by atoms with van der Waals surface area (Å²) < 4.78 is 27.2. The molecule has 1 N–H and O–H groups in total. The number of nitrogens with one attached hydrogen (secondary N) is 1. The number of carbonyl (C=O) groups excluding carboxylic acids is 1. The molecule has 30 heavy (non-hydrogen) atoms. The van der Waals surface area contributed by atoms with Crippen molar-refractivity contribution in [3.05, 3.63) is 70.3 Å². The molecule has 5 nitrogen and oxygen atoms in total. The average molecular weight is 429 g/mol. The molecule has 0 saturated carbocycles. The van der Waals surface area contributed by atoms with Gasteiger partial charge in [0.05, 0.1) is 11.8 Å². The van der Waals surface area contributed by atoms with E-state index in [-0.39, 0.29) is 23.6 Å². The normalized spacial score (nSPS) is 16.9. The summed E-state index contributed by atoms with van der Waals surface area (Å²) in [6, 6.07) is 13.7. The summed E-state index contributed by atoms with van der Waals surface area (Å²) >= 11 is 0. The van der Waals surface area contributed by atoms with Gasteiger partial charge < -0.3 is 5.32 Å². The summed E-state index contributed by atoms with van der Waals surface area (Å²) in [4.78, 5) is 12.7. The van der Waals surface area contributed by atoms with Crippen molar-refractivity contribution >= 4 is 15.9 Å². The van der Waals surface area contributed by atoms with E-state index < -0.39 is 10.0 Å². The molecule has 6 heteroatoms. The number of nitrogens with zero attached hydrogens (tertiary/aromatic N) is 1. The fourth-order valence-electron chi connectivity index (χ4n) is 3.90. The lowest BCUT2D eigenvalue weighted by atomic mass is 9.96. The number of hydrogen-bond donors (Lipinski definition) is 1. The summed E-state index contributed by atoms with van der Waals surface area (Å²) in [5.74, 6) is -0.124. The Balaban J connectivity index is 1.56. The van der Waals surface area contributed by atoms with Crippen LogP contribution in [0.2, 0.25) is 0 Å². The maximum Gasteiger partial charge on any atom is 0.223 e. The highest BCUT2D eigenvalue weighted by Crippen LogP contribution is 2.24. The van der Waals surface area contributed by atoms with E-state index in [2.05, 4.69) is 31.3 Å². The van der Waals surface area contributed by atoms with E-state index in [0.29, 0.717) is 25.9 Å². The molecule has 1 aliphatic rings. The topological polar surface area (TPSA) is 66.5 Å². The van der Waals surface area contributed by atoms with Crippen LogP contribution in [-0.4, -0.2) is 31.7 Å². The van der Waals surface area contributed by atoms with E-state index in [1.54, 1.807) is 0 Å². The number of hydrogen-bond acceptors (Lipinski definition) is 3. The number of carbonyl (C=O) groups is 1. The van der Waals surface area contributed by atoms with Crippen molar-refractivity contribution in [2.24, 2.45) is 5.92 Å². The van der Waals surface area contributed by atoms with E-state index in [9.17, 15) is 13.2 Å². The van der Waals surface area contributed by atoms with Gasteiger partial charge in [0.2, 0.25) is 15.9 Å². The molecule has 162 valence electrons. The highest BCUT2D eigenvalue weighted by molar-refractivity contribution is 7.88. The van der Waals surface area contributed by atoms with Gasteiger partial charge in [0.15, 0.2) is 0 Å². The highest BCUT2D eigenvalue weighted by atomic mass is 32.2. The van der Waals surface area contributed by atoms with Gasteiger partial charge >= 0.3 is 0 Å². The Morgan fingerprint density at radius 2 is 1.70 bits per heavy atom. The van der Waals surface area contributed by atoms with Crippen LogP contribution in [0.1, 0.15) is 53.6 Å². The first kappa shape index (κ1) is 22.5. The fraction of sp³-hybridized carbons (Fsp3) is 0.458. The second-order valence-electron chi connectivity index (χ2n) is 8.43. The van der Waals surface area contributed by atoms with Crippen LogP contribution in [-0.2, 0) is 20.6 Å². The van der Waals surface area contributed by atoms with Gasteiger partial charge in [0.1, 0.15) is 0 Å². The Morgan fingerprint density at radius 1 is 1.03 bits per heavy atom. The number of piperidine rings is 1. The van der Waals surface area contributed by atoms with Crippen molar-refractivity contribution < 1.29 is 13.2 Å². The Morgan fingerprint density at radius 3 is 2.33 bits per heavy atom. The first-order chi connectivity index (χ1) is 14.2. The molecule has 2 aromatic rings. The first-order valence-corrected chi connectivity index (χ1v) is 12.2. The van der Waals surface area contributed by atoms with Gasteiger partial charge in [-0.2, -0.15) is 0 Å². The largest absolute Gasteiger partial charge is 0.349 e. The molecule has 3 rings (SSSR count). The third-order valence-corrected chi connectivity index (χ3v) is 8.03. The van der Waals surface area contributed by atoms with Gasteiger partial charge in [-0.25, -0.2) is 12.7 Å². The molecule has 0 radical (unpaired) electrons. The van der Waals surface area contributed by atoms with Crippen molar-refractivity contribution in [3.63, 3.8) is 0 Å². The van der Waals surface area contributed by atoms with Gasteiger partial charge in [-0.3, -0.25) is 4.79 Å². The molecule has 1 saturated heterocycles. The SMILES string of the molecule is Cc1ccc([C@@H](C)NC(=O)C2CCN(S(=O)(=O)Cc3ccccc3C)CC2)cc1C. The van der Waals surface area contributed by atoms with Crippen molar-refractivity contribution in [1.29, 1.82) is 0 Å². The predicted octanol–water partition coefficient (Wildman–Crippen LogP) is 4.03. The molecule has 2 aromatic carbocycles. The molecule has 0 bridgehead atoms. The van der Waals surface area contributed by atoms with Crippen LogP contribution in [0.15, 0.2) is 42.5 Å². The zero-order chi connectivity index (χ0) is 21.9. The Bertz CT molecular complexity index is 1010. The van der Waals surface area contributed by atoms with Crippen molar-refractivity contribution in [1.82, 2.24) is 9.62 Å². The van der Waals surface area contributed by atoms with E-state index in [0.717, 1.165) is 16.7 Å². The molecule has 0 aliphatic carbocycles. The van der Waals surface area contributed by atoms with Crippen LogP contribution < -0.4 is 5.32 Å². The maximum atomic E-state index is 12.8. The molecule has 0 aromatic heterocycles. The first-order valence-electron chi connectivity index (χ1n) is 10.6. The zero-order valence-corrected chi connectivity index (χ0v) is 19.1. The molecule has 0 unspecified atom stereocenters. The molecule has 1 heterocycles. The Hall–Kier alpha value is -2.18. The third kappa shape index (κ3) is 5.29. The quantitative estimate of drug-likeness (QED) is 0.755. The molecule has 0 spiro atoms. The van der Waals surface area contributed by atoms with Crippen molar-refractivity contribution in [2.75, 3.05) is 13.1 Å². The zero-order valence-electron chi connectivity index (χ0n) is 18.3. The van der Waals surface area contributed by atoms with Gasteiger partial charge in [-0.1, -0.05) is 42.5 Å². The van der Waals surface area contributed by atoms with Gasteiger partial charge in [0, 0.05) is 19.0 Å². The minimum atomic E-state index is -3.38. The second kappa shape index (κ2) is 9.31. The number of rotatable bonds is 6. The smallest absolute Gasteiger partial charge is 0.223 e. The maximum absolute atomic E-state index is 12.8. The number of aryl methyl sites for hydroxylation is 3. The molecule has 1 aliphatic heterocycles. The Kier molecular flexibility index (Phi) is 6.98. The molecular weight excluding hydrogens is 396 g/mol.